The Hall–Kier alpha value is -1.71. The van der Waals surface area contributed by atoms with Crippen LogP contribution in [0.1, 0.15) is 56.1 Å². The van der Waals surface area contributed by atoms with Crippen molar-refractivity contribution in [1.82, 2.24) is 4.90 Å². The summed E-state index contributed by atoms with van der Waals surface area (Å²) >= 11 is 0. The molecule has 0 atom stereocenters. The first-order valence-electron chi connectivity index (χ1n) is 9.92. The Morgan fingerprint density at radius 3 is 2.04 bits per heavy atom. The maximum atomic E-state index is 14.2. The second-order valence-electron chi connectivity index (χ2n) is 7.96. The third-order valence-corrected chi connectivity index (χ3v) is 6.56. The molecular formula is C23H28FNO. The predicted octanol–water partition coefficient (Wildman–Crippen LogP) is 4.97. The van der Waals surface area contributed by atoms with Crippen molar-refractivity contribution in [3.63, 3.8) is 0 Å². The average molecular weight is 353 g/mol. The zero-order chi connectivity index (χ0) is 18.0. The van der Waals surface area contributed by atoms with Gasteiger partial charge in [-0.25, -0.2) is 4.39 Å². The molecule has 2 nitrogen and oxygen atoms in total. The van der Waals surface area contributed by atoms with Crippen LogP contribution in [0.4, 0.5) is 4.39 Å². The summed E-state index contributed by atoms with van der Waals surface area (Å²) in [4.78, 5) is 2.57. The van der Waals surface area contributed by atoms with Gasteiger partial charge in [-0.3, -0.25) is 4.90 Å². The van der Waals surface area contributed by atoms with Crippen molar-refractivity contribution in [1.29, 1.82) is 0 Å². The van der Waals surface area contributed by atoms with Gasteiger partial charge in [-0.05, 0) is 37.3 Å². The summed E-state index contributed by atoms with van der Waals surface area (Å²) in [6.07, 6.45) is 7.34. The Balaban J connectivity index is 1.58. The molecule has 1 N–H and O–H groups in total. The van der Waals surface area contributed by atoms with E-state index >= 15 is 0 Å². The Bertz CT molecular complexity index is 731. The van der Waals surface area contributed by atoms with Crippen LogP contribution in [0.15, 0.2) is 54.6 Å². The van der Waals surface area contributed by atoms with Crippen LogP contribution in [0.25, 0.3) is 0 Å². The number of hydrogen-bond donors (Lipinski definition) is 1. The number of piperidine rings is 1. The number of rotatable bonds is 3. The van der Waals surface area contributed by atoms with E-state index in [1.54, 1.807) is 12.1 Å². The number of benzene rings is 2. The van der Waals surface area contributed by atoms with Crippen LogP contribution >= 0.6 is 0 Å². The van der Waals surface area contributed by atoms with Crippen molar-refractivity contribution in [3.8, 4) is 0 Å². The van der Waals surface area contributed by atoms with Crippen molar-refractivity contribution in [2.45, 2.75) is 56.1 Å². The van der Waals surface area contributed by atoms with E-state index < -0.39 is 5.60 Å². The summed E-state index contributed by atoms with van der Waals surface area (Å²) in [5.41, 5.74) is 0.887. The van der Waals surface area contributed by atoms with Crippen LogP contribution in [-0.4, -0.2) is 23.1 Å². The molecular weight excluding hydrogens is 325 g/mol. The van der Waals surface area contributed by atoms with E-state index in [1.165, 1.54) is 43.7 Å². The third-order valence-electron chi connectivity index (χ3n) is 6.56. The third kappa shape index (κ3) is 3.08. The lowest BCUT2D eigenvalue weighted by Gasteiger charge is -2.51. The lowest BCUT2D eigenvalue weighted by molar-refractivity contribution is -0.0684. The highest BCUT2D eigenvalue weighted by Gasteiger charge is 2.44. The minimum atomic E-state index is -1.05. The lowest BCUT2D eigenvalue weighted by Crippen LogP contribution is -2.53. The second-order valence-corrected chi connectivity index (χ2v) is 7.96. The Kier molecular flexibility index (Phi) is 4.85. The van der Waals surface area contributed by atoms with Crippen molar-refractivity contribution in [2.75, 3.05) is 13.1 Å². The largest absolute Gasteiger partial charge is 0.385 e. The molecule has 4 rings (SSSR count). The molecule has 0 aromatic heterocycles. The van der Waals surface area contributed by atoms with Crippen LogP contribution in [0, 0.1) is 5.82 Å². The molecule has 1 saturated heterocycles. The molecule has 1 aliphatic carbocycles. The molecule has 2 fully saturated rings. The molecule has 2 aromatic rings. The number of aliphatic hydroxyl groups is 1. The molecule has 2 aliphatic rings. The van der Waals surface area contributed by atoms with Crippen LogP contribution in [0.5, 0.6) is 0 Å². The maximum Gasteiger partial charge on any atom is 0.129 e. The second kappa shape index (κ2) is 7.13. The van der Waals surface area contributed by atoms with E-state index in [9.17, 15) is 9.50 Å². The van der Waals surface area contributed by atoms with Gasteiger partial charge in [0, 0.05) is 24.2 Å². The minimum absolute atomic E-state index is 0.0794. The van der Waals surface area contributed by atoms with Gasteiger partial charge in [-0.15, -0.1) is 0 Å². The molecule has 2 aromatic carbocycles. The van der Waals surface area contributed by atoms with Gasteiger partial charge >= 0.3 is 0 Å². The zero-order valence-electron chi connectivity index (χ0n) is 15.3. The summed E-state index contributed by atoms with van der Waals surface area (Å²) in [6.45, 7) is 1.61. The molecule has 138 valence electrons. The molecule has 1 saturated carbocycles. The Labute approximate surface area is 155 Å². The highest BCUT2D eigenvalue weighted by Crippen LogP contribution is 2.46. The van der Waals surface area contributed by atoms with Gasteiger partial charge in [0.25, 0.3) is 0 Å². The average Bonchev–Trinajstić information content (AvgIpc) is 2.70. The molecule has 1 aliphatic heterocycles. The first kappa shape index (κ1) is 17.7. The summed E-state index contributed by atoms with van der Waals surface area (Å²) < 4.78 is 14.2. The van der Waals surface area contributed by atoms with Gasteiger partial charge < -0.3 is 5.11 Å². The van der Waals surface area contributed by atoms with E-state index in [0.29, 0.717) is 18.4 Å². The molecule has 0 spiro atoms. The number of halogens is 1. The highest BCUT2D eigenvalue weighted by molar-refractivity contribution is 5.28. The number of nitrogens with zero attached hydrogens (tertiary/aromatic N) is 1. The molecule has 1 heterocycles. The fraction of sp³-hybridized carbons (Fsp3) is 0.478. The first-order valence-corrected chi connectivity index (χ1v) is 9.92. The number of likely N-dealkylation sites (tertiary alicyclic amines) is 1. The maximum absolute atomic E-state index is 14.2. The number of hydrogen-bond acceptors (Lipinski definition) is 2. The monoisotopic (exact) mass is 353 g/mol. The van der Waals surface area contributed by atoms with Gasteiger partial charge in [0.2, 0.25) is 0 Å². The van der Waals surface area contributed by atoms with Gasteiger partial charge in [0.1, 0.15) is 5.82 Å². The normalized spacial score (nSPS) is 22.8. The van der Waals surface area contributed by atoms with Crippen molar-refractivity contribution in [2.24, 2.45) is 0 Å². The topological polar surface area (TPSA) is 23.5 Å². The van der Waals surface area contributed by atoms with E-state index in [2.05, 4.69) is 35.2 Å². The Morgan fingerprint density at radius 2 is 1.38 bits per heavy atom. The van der Waals surface area contributed by atoms with E-state index in [4.69, 9.17) is 0 Å². The van der Waals surface area contributed by atoms with Gasteiger partial charge in [0.15, 0.2) is 0 Å². The quantitative estimate of drug-likeness (QED) is 0.842. The first-order chi connectivity index (χ1) is 12.6. The summed E-state index contributed by atoms with van der Waals surface area (Å²) in [6, 6.07) is 17.5. The molecule has 0 bridgehead atoms. The van der Waals surface area contributed by atoms with Crippen molar-refractivity contribution >= 4 is 0 Å². The predicted molar refractivity (Wildman–Crippen MR) is 102 cm³/mol. The summed E-state index contributed by atoms with van der Waals surface area (Å²) in [5, 5.41) is 11.1. The molecule has 0 radical (unpaired) electrons. The highest BCUT2D eigenvalue weighted by atomic mass is 19.1. The van der Waals surface area contributed by atoms with E-state index in [1.807, 2.05) is 6.07 Å². The van der Waals surface area contributed by atoms with E-state index in [0.717, 1.165) is 13.1 Å². The SMILES string of the molecule is OC1(c2ccccc2F)CCN(C2(c3ccccc3)CCCCC2)CC1. The van der Waals surface area contributed by atoms with Gasteiger partial charge in [-0.2, -0.15) is 0 Å². The van der Waals surface area contributed by atoms with E-state index in [-0.39, 0.29) is 11.4 Å². The fourth-order valence-electron chi connectivity index (χ4n) is 5.09. The molecule has 0 amide bonds. The molecule has 3 heteroatoms. The van der Waals surface area contributed by atoms with Crippen LogP contribution < -0.4 is 0 Å². The summed E-state index contributed by atoms with van der Waals surface area (Å²) in [7, 11) is 0. The standard InChI is InChI=1S/C23H28FNO/c24-21-12-6-5-11-20(21)23(26)15-17-25(18-16-23)22(13-7-2-8-14-22)19-9-3-1-4-10-19/h1,3-6,9-12,26H,2,7-8,13-18H2. The van der Waals surface area contributed by atoms with Gasteiger partial charge in [-0.1, -0.05) is 67.8 Å². The van der Waals surface area contributed by atoms with Crippen LogP contribution in [0.3, 0.4) is 0 Å². The lowest BCUT2D eigenvalue weighted by atomic mass is 9.73. The van der Waals surface area contributed by atoms with Crippen molar-refractivity contribution < 1.29 is 9.50 Å². The smallest absolute Gasteiger partial charge is 0.129 e. The Morgan fingerprint density at radius 1 is 0.769 bits per heavy atom. The van der Waals surface area contributed by atoms with Crippen LogP contribution in [-0.2, 0) is 11.1 Å². The van der Waals surface area contributed by atoms with Gasteiger partial charge in [0.05, 0.1) is 5.60 Å². The summed E-state index contributed by atoms with van der Waals surface area (Å²) in [5.74, 6) is -0.293. The molecule has 26 heavy (non-hydrogen) atoms. The van der Waals surface area contributed by atoms with Crippen molar-refractivity contribution in [3.05, 3.63) is 71.5 Å². The van der Waals surface area contributed by atoms with Crippen LogP contribution in [0.2, 0.25) is 0 Å². The minimum Gasteiger partial charge on any atom is -0.385 e. The zero-order valence-corrected chi connectivity index (χ0v) is 15.3. The fourth-order valence-corrected chi connectivity index (χ4v) is 5.09. The molecule has 0 unspecified atom stereocenters.